The number of phenols is 1. The van der Waals surface area contributed by atoms with E-state index in [-0.39, 0.29) is 5.75 Å². The molecule has 2 heterocycles. The van der Waals surface area contributed by atoms with Crippen LogP contribution in [0.15, 0.2) is 48.8 Å². The summed E-state index contributed by atoms with van der Waals surface area (Å²) in [4.78, 5) is 4.75. The molecule has 0 amide bonds. The van der Waals surface area contributed by atoms with Crippen LogP contribution in [0.4, 0.5) is 0 Å². The Hall–Kier alpha value is -2.99. The Morgan fingerprint density at radius 3 is 2.31 bits per heavy atom. The molecule has 0 bridgehead atoms. The van der Waals surface area contributed by atoms with Gasteiger partial charge in [-0.3, -0.25) is 0 Å². The number of aromatic nitrogens is 2. The summed E-state index contributed by atoms with van der Waals surface area (Å²) >= 11 is 0. The van der Waals surface area contributed by atoms with Gasteiger partial charge in [-0.1, -0.05) is 30.3 Å². The van der Waals surface area contributed by atoms with Gasteiger partial charge < -0.3 is 23.9 Å². The molecule has 1 fully saturated rings. The van der Waals surface area contributed by atoms with Gasteiger partial charge in [0.2, 0.25) is 5.75 Å². The molecule has 1 aliphatic heterocycles. The Balaban J connectivity index is 1.84. The number of aromatic hydroxyl groups is 1. The summed E-state index contributed by atoms with van der Waals surface area (Å²) in [6.07, 6.45) is 3.99. The lowest BCUT2D eigenvalue weighted by molar-refractivity contribution is 0.0614. The van der Waals surface area contributed by atoms with Crippen LogP contribution in [0.5, 0.6) is 17.2 Å². The molecule has 6 nitrogen and oxygen atoms in total. The third kappa shape index (κ3) is 3.93. The molecule has 0 atom stereocenters. The first kappa shape index (κ1) is 19.3. The molecule has 1 saturated heterocycles. The molecule has 0 saturated carbocycles. The fourth-order valence-corrected chi connectivity index (χ4v) is 3.87. The van der Waals surface area contributed by atoms with Crippen LogP contribution in [0.1, 0.15) is 12.8 Å². The molecule has 29 heavy (non-hydrogen) atoms. The zero-order chi connectivity index (χ0) is 20.2. The van der Waals surface area contributed by atoms with Gasteiger partial charge in [0.1, 0.15) is 0 Å². The van der Waals surface area contributed by atoms with Gasteiger partial charge in [0.05, 0.1) is 31.9 Å². The highest BCUT2D eigenvalue weighted by atomic mass is 16.5. The number of hydrogen-bond acceptors (Lipinski definition) is 5. The highest BCUT2D eigenvalue weighted by Gasteiger charge is 2.22. The number of hydrogen-bond donors (Lipinski definition) is 1. The minimum atomic E-state index is -0.00416. The maximum absolute atomic E-state index is 10.3. The zero-order valence-corrected chi connectivity index (χ0v) is 16.8. The Bertz CT molecular complexity index is 937. The summed E-state index contributed by atoms with van der Waals surface area (Å²) < 4.78 is 18.5. The smallest absolute Gasteiger partial charge is 0.200 e. The SMILES string of the molecule is COc1cc(-c2c(-c3ccccc3)ncn2CC2CCOCC2)cc(OC)c1O. The highest BCUT2D eigenvalue weighted by Crippen LogP contribution is 2.42. The summed E-state index contributed by atoms with van der Waals surface area (Å²) in [5.74, 6) is 1.28. The maximum atomic E-state index is 10.3. The van der Waals surface area contributed by atoms with Crippen molar-refractivity contribution >= 4 is 0 Å². The predicted octanol–water partition coefficient (Wildman–Crippen LogP) is 4.37. The topological polar surface area (TPSA) is 65.7 Å². The van der Waals surface area contributed by atoms with Gasteiger partial charge in [0.25, 0.3) is 0 Å². The molecule has 4 rings (SSSR count). The summed E-state index contributed by atoms with van der Waals surface area (Å²) in [5, 5.41) is 10.3. The van der Waals surface area contributed by atoms with Crippen molar-refractivity contribution in [2.45, 2.75) is 19.4 Å². The second-order valence-corrected chi connectivity index (χ2v) is 7.25. The number of phenolic OH excluding ortho intramolecular Hbond substituents is 1. The summed E-state index contributed by atoms with van der Waals surface area (Å²) in [5.41, 5.74) is 3.81. The molecule has 6 heteroatoms. The summed E-state index contributed by atoms with van der Waals surface area (Å²) in [6, 6.07) is 13.8. The molecular weight excluding hydrogens is 368 g/mol. The lowest BCUT2D eigenvalue weighted by Crippen LogP contribution is -2.20. The minimum Gasteiger partial charge on any atom is -0.502 e. The van der Waals surface area contributed by atoms with Crippen molar-refractivity contribution in [1.82, 2.24) is 9.55 Å². The van der Waals surface area contributed by atoms with Crippen molar-refractivity contribution in [2.24, 2.45) is 5.92 Å². The zero-order valence-electron chi connectivity index (χ0n) is 16.8. The van der Waals surface area contributed by atoms with E-state index in [2.05, 4.69) is 16.7 Å². The number of methoxy groups -OCH3 is 2. The Morgan fingerprint density at radius 1 is 1.03 bits per heavy atom. The molecule has 0 aliphatic carbocycles. The first-order valence-electron chi connectivity index (χ1n) is 9.85. The van der Waals surface area contributed by atoms with Crippen LogP contribution < -0.4 is 9.47 Å². The van der Waals surface area contributed by atoms with Crippen LogP contribution in [-0.2, 0) is 11.3 Å². The lowest BCUT2D eigenvalue weighted by Gasteiger charge is -2.23. The van der Waals surface area contributed by atoms with Crippen LogP contribution in [0.2, 0.25) is 0 Å². The second kappa shape index (κ2) is 8.57. The van der Waals surface area contributed by atoms with Crippen molar-refractivity contribution in [1.29, 1.82) is 0 Å². The van der Waals surface area contributed by atoms with Crippen LogP contribution in [0, 0.1) is 5.92 Å². The Morgan fingerprint density at radius 2 is 1.69 bits per heavy atom. The largest absolute Gasteiger partial charge is 0.502 e. The van der Waals surface area contributed by atoms with E-state index in [1.54, 1.807) is 0 Å². The molecule has 0 spiro atoms. The maximum Gasteiger partial charge on any atom is 0.200 e. The van der Waals surface area contributed by atoms with Crippen molar-refractivity contribution in [2.75, 3.05) is 27.4 Å². The third-order valence-corrected chi connectivity index (χ3v) is 5.43. The highest BCUT2D eigenvalue weighted by molar-refractivity contribution is 5.81. The number of imidazole rings is 1. The number of rotatable bonds is 6. The van der Waals surface area contributed by atoms with Gasteiger partial charge in [-0.2, -0.15) is 0 Å². The van der Waals surface area contributed by atoms with Gasteiger partial charge in [-0.15, -0.1) is 0 Å². The van der Waals surface area contributed by atoms with E-state index < -0.39 is 0 Å². The van der Waals surface area contributed by atoms with Crippen LogP contribution in [-0.4, -0.2) is 42.1 Å². The fraction of sp³-hybridized carbons (Fsp3) is 0.348. The van der Waals surface area contributed by atoms with Gasteiger partial charge in [-0.05, 0) is 30.9 Å². The summed E-state index contributed by atoms with van der Waals surface area (Å²) in [6.45, 7) is 2.48. The first-order valence-corrected chi connectivity index (χ1v) is 9.85. The third-order valence-electron chi connectivity index (χ3n) is 5.43. The van der Waals surface area contributed by atoms with Crippen LogP contribution in [0.25, 0.3) is 22.5 Å². The molecule has 3 aromatic rings. The minimum absolute atomic E-state index is 0.00416. The standard InChI is InChI=1S/C23H26N2O4/c1-27-19-12-18(13-20(28-2)23(19)26)22-21(17-6-4-3-5-7-17)24-15-25(22)14-16-8-10-29-11-9-16/h3-7,12-13,15-16,26H,8-11,14H2,1-2H3. The lowest BCUT2D eigenvalue weighted by atomic mass is 9.99. The molecule has 152 valence electrons. The number of ether oxygens (including phenoxy) is 3. The van der Waals surface area contributed by atoms with Gasteiger partial charge >= 0.3 is 0 Å². The normalized spacial score (nSPS) is 14.7. The average molecular weight is 394 g/mol. The quantitative estimate of drug-likeness (QED) is 0.673. The molecule has 0 unspecified atom stereocenters. The monoisotopic (exact) mass is 394 g/mol. The van der Waals surface area contributed by atoms with Crippen molar-refractivity contribution in [3.8, 4) is 39.8 Å². The van der Waals surface area contributed by atoms with Crippen LogP contribution in [0.3, 0.4) is 0 Å². The molecular formula is C23H26N2O4. The van der Waals surface area contributed by atoms with Gasteiger partial charge in [0, 0.05) is 30.9 Å². The van der Waals surface area contributed by atoms with E-state index in [0.717, 1.165) is 55.1 Å². The predicted molar refractivity (Wildman–Crippen MR) is 111 cm³/mol. The van der Waals surface area contributed by atoms with Crippen LogP contribution >= 0.6 is 0 Å². The van der Waals surface area contributed by atoms with E-state index in [1.165, 1.54) is 14.2 Å². The number of benzene rings is 2. The van der Waals surface area contributed by atoms with E-state index in [0.29, 0.717) is 17.4 Å². The van der Waals surface area contributed by atoms with E-state index in [1.807, 2.05) is 36.7 Å². The molecule has 1 aliphatic rings. The van der Waals surface area contributed by atoms with E-state index in [4.69, 9.17) is 19.2 Å². The van der Waals surface area contributed by atoms with Crippen molar-refractivity contribution < 1.29 is 19.3 Å². The fourth-order valence-electron chi connectivity index (χ4n) is 3.87. The summed E-state index contributed by atoms with van der Waals surface area (Å²) in [7, 11) is 3.07. The van der Waals surface area contributed by atoms with E-state index in [9.17, 15) is 5.11 Å². The second-order valence-electron chi connectivity index (χ2n) is 7.25. The van der Waals surface area contributed by atoms with E-state index >= 15 is 0 Å². The number of nitrogens with zero attached hydrogens (tertiary/aromatic N) is 2. The molecule has 1 N–H and O–H groups in total. The first-order chi connectivity index (χ1) is 14.2. The Labute approximate surface area is 170 Å². The van der Waals surface area contributed by atoms with Crippen molar-refractivity contribution in [3.05, 3.63) is 48.8 Å². The molecule has 1 aromatic heterocycles. The average Bonchev–Trinajstić information content (AvgIpc) is 3.18. The van der Waals surface area contributed by atoms with Gasteiger partial charge in [-0.25, -0.2) is 4.98 Å². The molecule has 2 aromatic carbocycles. The van der Waals surface area contributed by atoms with Crippen molar-refractivity contribution in [3.63, 3.8) is 0 Å². The van der Waals surface area contributed by atoms with Gasteiger partial charge in [0.15, 0.2) is 11.5 Å². The molecule has 0 radical (unpaired) electrons. The Kier molecular flexibility index (Phi) is 5.71.